The lowest BCUT2D eigenvalue weighted by atomic mass is 10.1. The summed E-state index contributed by atoms with van der Waals surface area (Å²) in [4.78, 5) is 11.3. The molecule has 0 radical (unpaired) electrons. The highest BCUT2D eigenvalue weighted by Crippen LogP contribution is 2.24. The van der Waals surface area contributed by atoms with E-state index in [1.807, 2.05) is 30.3 Å². The molecular formula is C16H14O2. The molecule has 0 spiro atoms. The molecule has 1 aliphatic carbocycles. The molecule has 0 saturated carbocycles. The van der Waals surface area contributed by atoms with Crippen LogP contribution in [0, 0.1) is 0 Å². The van der Waals surface area contributed by atoms with Gasteiger partial charge in [0.25, 0.3) is 0 Å². The van der Waals surface area contributed by atoms with Crippen LogP contribution in [0.5, 0.6) is 5.75 Å². The lowest BCUT2D eigenvalue weighted by molar-refractivity contribution is 0.104. The molecule has 0 aliphatic heterocycles. The molecule has 0 saturated heterocycles. The molecule has 2 nitrogen and oxygen atoms in total. The van der Waals surface area contributed by atoms with Crippen LogP contribution >= 0.6 is 0 Å². The van der Waals surface area contributed by atoms with Gasteiger partial charge in [-0.1, -0.05) is 49.0 Å². The predicted molar refractivity (Wildman–Crippen MR) is 71.7 cm³/mol. The molecule has 2 aromatic rings. The van der Waals surface area contributed by atoms with Crippen molar-refractivity contribution in [2.24, 2.45) is 0 Å². The zero-order chi connectivity index (χ0) is 13.0. The molecule has 2 heteroatoms. The largest absolute Gasteiger partial charge is 0.508 e. The van der Waals surface area contributed by atoms with E-state index in [0.717, 1.165) is 17.5 Å². The Morgan fingerprint density at radius 2 is 1.56 bits per heavy atom. The summed E-state index contributed by atoms with van der Waals surface area (Å²) < 4.78 is 0. The van der Waals surface area contributed by atoms with Gasteiger partial charge < -0.3 is 5.11 Å². The van der Waals surface area contributed by atoms with E-state index in [0.29, 0.717) is 11.3 Å². The minimum absolute atomic E-state index is 0.112. The SMILES string of the molecule is C=C1Cc2ccccc2C1=O.Oc1ccccc1. The van der Waals surface area contributed by atoms with Crippen LogP contribution in [0.2, 0.25) is 0 Å². The van der Waals surface area contributed by atoms with Crippen LogP contribution in [-0.2, 0) is 6.42 Å². The molecule has 3 rings (SSSR count). The van der Waals surface area contributed by atoms with E-state index in [1.54, 1.807) is 24.3 Å². The Kier molecular flexibility index (Phi) is 3.58. The molecule has 18 heavy (non-hydrogen) atoms. The van der Waals surface area contributed by atoms with Gasteiger partial charge in [-0.25, -0.2) is 0 Å². The van der Waals surface area contributed by atoms with E-state index in [2.05, 4.69) is 6.58 Å². The van der Waals surface area contributed by atoms with E-state index in [4.69, 9.17) is 5.11 Å². The smallest absolute Gasteiger partial charge is 0.189 e. The van der Waals surface area contributed by atoms with Crippen LogP contribution in [0.15, 0.2) is 66.7 Å². The molecule has 1 N–H and O–H groups in total. The standard InChI is InChI=1S/C10H8O.C6H6O/c1-7-6-8-4-2-3-5-9(8)10(7)11;7-6-4-2-1-3-5-6/h2-5H,1,6H2;1-5,7H. The minimum Gasteiger partial charge on any atom is -0.508 e. The first-order chi connectivity index (χ1) is 8.68. The summed E-state index contributed by atoms with van der Waals surface area (Å²) in [6, 6.07) is 16.4. The molecule has 2 aromatic carbocycles. The number of benzene rings is 2. The number of aromatic hydroxyl groups is 1. The number of rotatable bonds is 0. The molecule has 0 fully saturated rings. The highest BCUT2D eigenvalue weighted by molar-refractivity contribution is 6.12. The Labute approximate surface area is 106 Å². The number of phenolic OH excluding ortho intramolecular Hbond substituents is 1. The maximum Gasteiger partial charge on any atom is 0.189 e. The minimum atomic E-state index is 0.112. The van der Waals surface area contributed by atoms with Crippen LogP contribution in [0.25, 0.3) is 0 Å². The Balaban J connectivity index is 0.000000149. The second kappa shape index (κ2) is 5.32. The van der Waals surface area contributed by atoms with Gasteiger partial charge in [-0.3, -0.25) is 4.79 Å². The van der Waals surface area contributed by atoms with Gasteiger partial charge in [-0.05, 0) is 23.3 Å². The lowest BCUT2D eigenvalue weighted by Gasteiger charge is -1.91. The van der Waals surface area contributed by atoms with Crippen LogP contribution in [0.1, 0.15) is 15.9 Å². The maximum absolute atomic E-state index is 11.3. The maximum atomic E-state index is 11.3. The van der Waals surface area contributed by atoms with Crippen molar-refractivity contribution in [3.63, 3.8) is 0 Å². The van der Waals surface area contributed by atoms with Gasteiger partial charge in [0.05, 0.1) is 0 Å². The molecule has 0 bridgehead atoms. The second-order valence-electron chi connectivity index (χ2n) is 4.10. The van der Waals surface area contributed by atoms with E-state index in [1.165, 1.54) is 0 Å². The first-order valence-corrected chi connectivity index (χ1v) is 5.73. The summed E-state index contributed by atoms with van der Waals surface area (Å²) in [5, 5.41) is 8.63. The molecule has 0 amide bonds. The van der Waals surface area contributed by atoms with Gasteiger partial charge in [0.1, 0.15) is 5.75 Å². The molecule has 0 unspecified atom stereocenters. The Hall–Kier alpha value is -2.35. The third-order valence-corrected chi connectivity index (χ3v) is 2.74. The van der Waals surface area contributed by atoms with E-state index in [9.17, 15) is 4.79 Å². The number of carbonyl (C=O) groups is 1. The molecule has 0 heterocycles. The number of fused-ring (bicyclic) bond motifs is 1. The number of Topliss-reactive ketones (excluding diaryl/α,β-unsaturated/α-hetero) is 1. The first kappa shape index (κ1) is 12.1. The van der Waals surface area contributed by atoms with Crippen molar-refractivity contribution in [1.82, 2.24) is 0 Å². The fourth-order valence-electron chi connectivity index (χ4n) is 1.82. The van der Waals surface area contributed by atoms with E-state index >= 15 is 0 Å². The van der Waals surface area contributed by atoms with Gasteiger partial charge in [0, 0.05) is 12.0 Å². The molecule has 90 valence electrons. The summed E-state index contributed by atoms with van der Waals surface area (Å²) in [6.45, 7) is 3.70. The fraction of sp³-hybridized carbons (Fsp3) is 0.0625. The first-order valence-electron chi connectivity index (χ1n) is 5.73. The molecular weight excluding hydrogens is 224 g/mol. The summed E-state index contributed by atoms with van der Waals surface area (Å²) in [5.74, 6) is 0.433. The van der Waals surface area contributed by atoms with Crippen molar-refractivity contribution in [2.45, 2.75) is 6.42 Å². The van der Waals surface area contributed by atoms with E-state index < -0.39 is 0 Å². The normalized spacial score (nSPS) is 12.7. The topological polar surface area (TPSA) is 37.3 Å². The fourth-order valence-corrected chi connectivity index (χ4v) is 1.82. The number of phenols is 1. The summed E-state index contributed by atoms with van der Waals surface area (Å²) in [6.07, 6.45) is 0.731. The number of allylic oxidation sites excluding steroid dienone is 1. The van der Waals surface area contributed by atoms with Crippen LogP contribution < -0.4 is 0 Å². The van der Waals surface area contributed by atoms with E-state index in [-0.39, 0.29) is 5.78 Å². The zero-order valence-electron chi connectivity index (χ0n) is 9.97. The Morgan fingerprint density at radius 3 is 2.11 bits per heavy atom. The summed E-state index contributed by atoms with van der Waals surface area (Å²) >= 11 is 0. The van der Waals surface area contributed by atoms with Gasteiger partial charge in [-0.2, -0.15) is 0 Å². The summed E-state index contributed by atoms with van der Waals surface area (Å²) in [5.41, 5.74) is 2.66. The number of hydrogen-bond donors (Lipinski definition) is 1. The average Bonchev–Trinajstić information content (AvgIpc) is 2.68. The van der Waals surface area contributed by atoms with Crippen LogP contribution in [-0.4, -0.2) is 10.9 Å². The summed E-state index contributed by atoms with van der Waals surface area (Å²) in [7, 11) is 0. The highest BCUT2D eigenvalue weighted by Gasteiger charge is 2.21. The lowest BCUT2D eigenvalue weighted by Crippen LogP contribution is -1.92. The Morgan fingerprint density at radius 1 is 0.944 bits per heavy atom. The van der Waals surface area contributed by atoms with Gasteiger partial charge >= 0.3 is 0 Å². The zero-order valence-corrected chi connectivity index (χ0v) is 9.97. The highest BCUT2D eigenvalue weighted by atomic mass is 16.3. The van der Waals surface area contributed by atoms with Crippen molar-refractivity contribution < 1.29 is 9.90 Å². The predicted octanol–water partition coefficient (Wildman–Crippen LogP) is 3.37. The van der Waals surface area contributed by atoms with Crippen LogP contribution in [0.3, 0.4) is 0 Å². The third kappa shape index (κ3) is 2.66. The van der Waals surface area contributed by atoms with Gasteiger partial charge in [0.2, 0.25) is 0 Å². The third-order valence-electron chi connectivity index (χ3n) is 2.74. The van der Waals surface area contributed by atoms with Gasteiger partial charge in [-0.15, -0.1) is 0 Å². The quantitative estimate of drug-likeness (QED) is 0.714. The van der Waals surface area contributed by atoms with Crippen molar-refractivity contribution in [1.29, 1.82) is 0 Å². The van der Waals surface area contributed by atoms with Gasteiger partial charge in [0.15, 0.2) is 5.78 Å². The monoisotopic (exact) mass is 238 g/mol. The van der Waals surface area contributed by atoms with Crippen LogP contribution in [0.4, 0.5) is 0 Å². The Bertz CT molecular complexity index is 571. The van der Waals surface area contributed by atoms with Crippen molar-refractivity contribution >= 4 is 5.78 Å². The number of carbonyl (C=O) groups excluding carboxylic acids is 1. The number of para-hydroxylation sites is 1. The molecule has 1 aliphatic rings. The molecule has 0 aromatic heterocycles. The van der Waals surface area contributed by atoms with Crippen molar-refractivity contribution in [2.75, 3.05) is 0 Å². The average molecular weight is 238 g/mol. The van der Waals surface area contributed by atoms with Crippen molar-refractivity contribution in [3.05, 3.63) is 77.9 Å². The number of ketones is 1. The number of hydrogen-bond acceptors (Lipinski definition) is 2. The second-order valence-corrected chi connectivity index (χ2v) is 4.10. The van der Waals surface area contributed by atoms with Crippen molar-refractivity contribution in [3.8, 4) is 5.75 Å². The molecule has 0 atom stereocenters.